The van der Waals surface area contributed by atoms with Crippen LogP contribution in [0.1, 0.15) is 26.3 Å². The average molecular weight is 429 g/mol. The van der Waals surface area contributed by atoms with Gasteiger partial charge < -0.3 is 20.1 Å². The lowest BCUT2D eigenvalue weighted by molar-refractivity contribution is -0.161. The van der Waals surface area contributed by atoms with Crippen LogP contribution in [-0.4, -0.2) is 56.6 Å². The van der Waals surface area contributed by atoms with E-state index < -0.39 is 22.8 Å². The average Bonchev–Trinajstić information content (AvgIpc) is 2.96. The summed E-state index contributed by atoms with van der Waals surface area (Å²) in [6.45, 7) is 5.99. The number of aliphatic carboxylic acids is 1. The summed E-state index contributed by atoms with van der Waals surface area (Å²) in [6, 6.07) is 9.98. The molecule has 30 heavy (non-hydrogen) atoms. The van der Waals surface area contributed by atoms with E-state index in [-0.39, 0.29) is 23.6 Å². The number of ether oxygens (including phenoxy) is 1. The summed E-state index contributed by atoms with van der Waals surface area (Å²) >= 11 is 1.41. The van der Waals surface area contributed by atoms with Crippen LogP contribution >= 0.6 is 11.8 Å². The lowest BCUT2D eigenvalue weighted by atomic mass is 9.95. The standard InChI is InChI=1S/C22H24N2O5S/c1-4-29-15-10-9-12-7-5-6-8-13(12)14(15)11-16(25)23-17-19(26)24-18(21(27)28)22(2,3)30-20(17)24/h5-10,17-18,20H,4,11H2,1-3H3,(H,23,25)(H,27,28)/t17-,18+,20-/m1/s1. The number of amides is 2. The quantitative estimate of drug-likeness (QED) is 0.686. The Bertz CT molecular complexity index is 1040. The van der Waals surface area contributed by atoms with Gasteiger partial charge >= 0.3 is 5.97 Å². The van der Waals surface area contributed by atoms with E-state index in [9.17, 15) is 19.5 Å². The zero-order chi connectivity index (χ0) is 21.6. The van der Waals surface area contributed by atoms with Gasteiger partial charge in [-0.3, -0.25) is 9.59 Å². The molecule has 2 N–H and O–H groups in total. The number of nitrogens with zero attached hydrogens (tertiary/aromatic N) is 1. The first kappa shape index (κ1) is 20.5. The van der Waals surface area contributed by atoms with Gasteiger partial charge in [0.15, 0.2) is 0 Å². The van der Waals surface area contributed by atoms with E-state index in [1.807, 2.05) is 57.2 Å². The van der Waals surface area contributed by atoms with Crippen LogP contribution in [0.25, 0.3) is 10.8 Å². The molecule has 158 valence electrons. The molecule has 7 nitrogen and oxygen atoms in total. The number of carbonyl (C=O) groups excluding carboxylic acids is 2. The number of β-lactam (4-membered cyclic amide) rings is 1. The van der Waals surface area contributed by atoms with E-state index in [0.29, 0.717) is 12.4 Å². The van der Waals surface area contributed by atoms with Crippen molar-refractivity contribution in [2.45, 2.75) is 49.4 Å². The molecule has 2 aromatic rings. The lowest BCUT2D eigenvalue weighted by Crippen LogP contribution is -2.70. The highest BCUT2D eigenvalue weighted by atomic mass is 32.2. The van der Waals surface area contributed by atoms with Crippen molar-refractivity contribution in [2.75, 3.05) is 6.61 Å². The third-order valence-electron chi connectivity index (χ3n) is 5.63. The van der Waals surface area contributed by atoms with E-state index in [4.69, 9.17) is 4.74 Å². The molecule has 0 unspecified atom stereocenters. The highest BCUT2D eigenvalue weighted by Gasteiger charge is 2.64. The molecular formula is C22H24N2O5S. The minimum atomic E-state index is -1.02. The van der Waals surface area contributed by atoms with Gasteiger partial charge in [-0.25, -0.2) is 4.79 Å². The van der Waals surface area contributed by atoms with Crippen LogP contribution in [0.3, 0.4) is 0 Å². The summed E-state index contributed by atoms with van der Waals surface area (Å²) < 4.78 is 5.10. The highest BCUT2D eigenvalue weighted by molar-refractivity contribution is 8.01. The largest absolute Gasteiger partial charge is 0.494 e. The number of thioether (sulfide) groups is 1. The third kappa shape index (κ3) is 3.29. The molecule has 2 aliphatic heterocycles. The van der Waals surface area contributed by atoms with Crippen molar-refractivity contribution in [3.05, 3.63) is 42.0 Å². The highest BCUT2D eigenvalue weighted by Crippen LogP contribution is 2.50. The zero-order valence-electron chi connectivity index (χ0n) is 17.0. The smallest absolute Gasteiger partial charge is 0.327 e. The van der Waals surface area contributed by atoms with E-state index in [1.165, 1.54) is 16.7 Å². The molecule has 0 spiro atoms. The summed E-state index contributed by atoms with van der Waals surface area (Å²) in [5, 5.41) is 13.9. The Morgan fingerprint density at radius 1 is 1.23 bits per heavy atom. The van der Waals surface area contributed by atoms with Crippen molar-refractivity contribution in [2.24, 2.45) is 0 Å². The number of hydrogen-bond acceptors (Lipinski definition) is 5. The fraction of sp³-hybridized carbons (Fsp3) is 0.409. The van der Waals surface area contributed by atoms with E-state index in [1.54, 1.807) is 0 Å². The van der Waals surface area contributed by atoms with Crippen molar-refractivity contribution in [3.8, 4) is 5.75 Å². The van der Waals surface area contributed by atoms with Crippen molar-refractivity contribution in [1.82, 2.24) is 10.2 Å². The van der Waals surface area contributed by atoms with Crippen molar-refractivity contribution >= 4 is 40.3 Å². The van der Waals surface area contributed by atoms with E-state index >= 15 is 0 Å². The Labute approximate surface area is 178 Å². The number of benzene rings is 2. The first-order valence-electron chi connectivity index (χ1n) is 9.90. The second-order valence-electron chi connectivity index (χ2n) is 8.02. The molecule has 0 bridgehead atoms. The van der Waals surface area contributed by atoms with Crippen molar-refractivity contribution < 1.29 is 24.2 Å². The normalized spacial score (nSPS) is 24.3. The summed E-state index contributed by atoms with van der Waals surface area (Å²) in [5.74, 6) is -1.01. The minimum Gasteiger partial charge on any atom is -0.494 e. The van der Waals surface area contributed by atoms with Crippen molar-refractivity contribution in [1.29, 1.82) is 0 Å². The second-order valence-corrected chi connectivity index (χ2v) is 9.79. The summed E-state index contributed by atoms with van der Waals surface area (Å²) in [6.07, 6.45) is 0.0730. The van der Waals surface area contributed by atoms with Gasteiger partial charge in [0, 0.05) is 10.3 Å². The molecule has 2 aromatic carbocycles. The Kier molecular flexibility index (Phi) is 5.13. The van der Waals surface area contributed by atoms with Gasteiger partial charge in [0.1, 0.15) is 23.2 Å². The number of carboxylic acids is 1. The minimum absolute atomic E-state index is 0.0730. The molecule has 0 aromatic heterocycles. The Hall–Kier alpha value is -2.74. The number of rotatable bonds is 6. The number of nitrogens with one attached hydrogen (secondary N) is 1. The molecular weight excluding hydrogens is 404 g/mol. The summed E-state index contributed by atoms with van der Waals surface area (Å²) in [7, 11) is 0. The Morgan fingerprint density at radius 3 is 2.67 bits per heavy atom. The predicted octanol–water partition coefficient (Wildman–Crippen LogP) is 2.41. The maximum absolute atomic E-state index is 12.9. The number of carbonyl (C=O) groups is 3. The van der Waals surface area contributed by atoms with Crippen LogP contribution < -0.4 is 10.1 Å². The van der Waals surface area contributed by atoms with Gasteiger partial charge in [0.2, 0.25) is 11.8 Å². The zero-order valence-corrected chi connectivity index (χ0v) is 17.9. The van der Waals surface area contributed by atoms with E-state index in [2.05, 4.69) is 5.32 Å². The summed E-state index contributed by atoms with van der Waals surface area (Å²) in [5.41, 5.74) is 0.777. The molecule has 0 aliphatic carbocycles. The number of hydrogen-bond donors (Lipinski definition) is 2. The van der Waals surface area contributed by atoms with Crippen LogP contribution in [-0.2, 0) is 20.8 Å². The molecule has 2 heterocycles. The molecule has 3 atom stereocenters. The van der Waals surface area contributed by atoms with Crippen LogP contribution in [0.2, 0.25) is 0 Å². The number of fused-ring (bicyclic) bond motifs is 2. The van der Waals surface area contributed by atoms with Gasteiger partial charge in [-0.05, 0) is 37.6 Å². The van der Waals surface area contributed by atoms with E-state index in [0.717, 1.165) is 16.3 Å². The van der Waals surface area contributed by atoms with Gasteiger partial charge in [-0.2, -0.15) is 0 Å². The molecule has 2 fully saturated rings. The SMILES string of the molecule is CCOc1ccc2ccccc2c1CC(=O)N[C@@H]1C(=O)N2[C@@H]1SC(C)(C)[C@@H]2C(=O)O. The molecule has 4 rings (SSSR count). The fourth-order valence-corrected chi connectivity index (χ4v) is 5.94. The fourth-order valence-electron chi connectivity index (χ4n) is 4.32. The van der Waals surface area contributed by atoms with Gasteiger partial charge in [0.25, 0.3) is 0 Å². The predicted molar refractivity (Wildman–Crippen MR) is 114 cm³/mol. The van der Waals surface area contributed by atoms with Crippen molar-refractivity contribution in [3.63, 3.8) is 0 Å². The summed E-state index contributed by atoms with van der Waals surface area (Å²) in [4.78, 5) is 38.5. The Balaban J connectivity index is 1.54. The molecule has 8 heteroatoms. The molecule has 0 saturated carbocycles. The molecule has 2 amide bonds. The maximum Gasteiger partial charge on any atom is 0.327 e. The monoisotopic (exact) mass is 428 g/mol. The number of carboxylic acid groups (broad SMARTS) is 1. The van der Waals surface area contributed by atoms with Crippen LogP contribution in [0.4, 0.5) is 0 Å². The van der Waals surface area contributed by atoms with Crippen LogP contribution in [0, 0.1) is 0 Å². The Morgan fingerprint density at radius 2 is 1.97 bits per heavy atom. The van der Waals surface area contributed by atoms with Gasteiger partial charge in [0.05, 0.1) is 13.0 Å². The maximum atomic E-state index is 12.9. The van der Waals surface area contributed by atoms with Gasteiger partial charge in [-0.1, -0.05) is 30.3 Å². The van der Waals surface area contributed by atoms with Crippen LogP contribution in [0.15, 0.2) is 36.4 Å². The lowest BCUT2D eigenvalue weighted by Gasteiger charge is -2.43. The second kappa shape index (κ2) is 7.50. The first-order valence-corrected chi connectivity index (χ1v) is 10.8. The topological polar surface area (TPSA) is 95.9 Å². The van der Waals surface area contributed by atoms with Crippen LogP contribution in [0.5, 0.6) is 5.75 Å². The first-order chi connectivity index (χ1) is 14.2. The molecule has 0 radical (unpaired) electrons. The molecule has 2 saturated heterocycles. The molecule has 2 aliphatic rings. The van der Waals surface area contributed by atoms with Gasteiger partial charge in [-0.15, -0.1) is 11.8 Å². The third-order valence-corrected chi connectivity index (χ3v) is 7.20.